The van der Waals surface area contributed by atoms with E-state index in [1.54, 1.807) is 31.1 Å². The van der Waals surface area contributed by atoms with Gasteiger partial charge in [-0.15, -0.1) is 11.3 Å². The number of nitrogens with zero attached hydrogens (tertiary/aromatic N) is 2. The first kappa shape index (κ1) is 29.5. The minimum absolute atomic E-state index is 0.174. The van der Waals surface area contributed by atoms with Crippen LogP contribution in [-0.2, 0) is 19.1 Å². The lowest BCUT2D eigenvalue weighted by atomic mass is 9.96. The first-order valence-corrected chi connectivity index (χ1v) is 13.3. The van der Waals surface area contributed by atoms with E-state index in [0.29, 0.717) is 24.4 Å². The van der Waals surface area contributed by atoms with E-state index in [0.717, 1.165) is 6.42 Å². The molecule has 1 fully saturated rings. The Hall–Kier alpha value is -2.69. The number of nitrogens with one attached hydrogen (secondary N) is 2. The highest BCUT2D eigenvalue weighted by atomic mass is 32.1. The summed E-state index contributed by atoms with van der Waals surface area (Å²) in [5, 5.41) is 7.86. The smallest absolute Gasteiger partial charge is 0.408 e. The van der Waals surface area contributed by atoms with Crippen molar-refractivity contribution in [3.63, 3.8) is 0 Å². The summed E-state index contributed by atoms with van der Waals surface area (Å²) in [4.78, 5) is 57.3. The number of likely N-dealkylation sites (tertiary alicyclic amines) is 1. The van der Waals surface area contributed by atoms with Gasteiger partial charge in [-0.3, -0.25) is 9.59 Å². The van der Waals surface area contributed by atoms with Crippen LogP contribution in [0.1, 0.15) is 89.3 Å². The van der Waals surface area contributed by atoms with Crippen LogP contribution in [0, 0.1) is 11.8 Å². The fourth-order valence-electron chi connectivity index (χ4n) is 4.00. The summed E-state index contributed by atoms with van der Waals surface area (Å²) in [6, 6.07) is -1.91. The second-order valence-electron chi connectivity index (χ2n) is 10.5. The van der Waals surface area contributed by atoms with Crippen molar-refractivity contribution in [2.75, 3.05) is 13.7 Å². The number of amides is 3. The van der Waals surface area contributed by atoms with Crippen molar-refractivity contribution in [2.45, 2.75) is 91.5 Å². The Morgan fingerprint density at radius 3 is 2.39 bits per heavy atom. The van der Waals surface area contributed by atoms with Crippen molar-refractivity contribution in [3.8, 4) is 0 Å². The quantitative estimate of drug-likeness (QED) is 0.472. The molecule has 3 amide bonds. The second-order valence-corrected chi connectivity index (χ2v) is 11.4. The zero-order valence-corrected chi connectivity index (χ0v) is 23.4. The average Bonchev–Trinajstić information content (AvgIpc) is 3.47. The Balaban J connectivity index is 2.20. The van der Waals surface area contributed by atoms with E-state index in [1.165, 1.54) is 18.4 Å². The molecule has 0 unspecified atom stereocenters. The van der Waals surface area contributed by atoms with Crippen LogP contribution in [0.3, 0.4) is 0 Å². The zero-order valence-electron chi connectivity index (χ0n) is 22.5. The Morgan fingerprint density at radius 2 is 1.83 bits per heavy atom. The van der Waals surface area contributed by atoms with E-state index in [2.05, 4.69) is 15.6 Å². The number of hydrogen-bond acceptors (Lipinski definition) is 8. The molecule has 0 aliphatic carbocycles. The fourth-order valence-corrected chi connectivity index (χ4v) is 4.93. The predicted molar refractivity (Wildman–Crippen MR) is 137 cm³/mol. The first-order valence-electron chi connectivity index (χ1n) is 12.4. The predicted octanol–water partition coefficient (Wildman–Crippen LogP) is 3.67. The topological polar surface area (TPSA) is 127 Å². The lowest BCUT2D eigenvalue weighted by molar-refractivity contribution is -0.139. The number of methoxy groups -OCH3 is 1. The third kappa shape index (κ3) is 7.65. The summed E-state index contributed by atoms with van der Waals surface area (Å²) in [5.74, 6) is -1.53. The zero-order chi connectivity index (χ0) is 27.2. The summed E-state index contributed by atoms with van der Waals surface area (Å²) >= 11 is 1.31. The van der Waals surface area contributed by atoms with Gasteiger partial charge in [0.2, 0.25) is 11.8 Å². The number of thiazole rings is 1. The minimum atomic E-state index is -0.852. The molecular formula is C25H40N4O6S. The molecule has 0 bridgehead atoms. The van der Waals surface area contributed by atoms with Crippen LogP contribution in [0.5, 0.6) is 0 Å². The highest BCUT2D eigenvalue weighted by Gasteiger charge is 2.39. The molecule has 36 heavy (non-hydrogen) atoms. The highest BCUT2D eigenvalue weighted by Crippen LogP contribution is 2.34. The van der Waals surface area contributed by atoms with Gasteiger partial charge < -0.3 is 25.0 Å². The number of aromatic nitrogens is 1. The molecule has 0 aromatic carbocycles. The Labute approximate surface area is 217 Å². The van der Waals surface area contributed by atoms with E-state index in [1.807, 2.05) is 27.7 Å². The number of carbonyl (C=O) groups is 4. The number of rotatable bonds is 9. The molecule has 2 rings (SSSR count). The van der Waals surface area contributed by atoms with Gasteiger partial charge >= 0.3 is 12.1 Å². The SMILES string of the molecule is CC[C@H](C)[C@H](NC(=O)OC(C)(C)C)C(=O)N[C@H](C(=O)N1CCC[C@H]1c1nc(C(=O)OC)cs1)C(C)C. The third-order valence-corrected chi connectivity index (χ3v) is 7.08. The number of ether oxygens (including phenoxy) is 2. The number of hydrogen-bond donors (Lipinski definition) is 2. The molecule has 1 aliphatic rings. The van der Waals surface area contributed by atoms with E-state index in [9.17, 15) is 19.2 Å². The van der Waals surface area contributed by atoms with Crippen molar-refractivity contribution in [1.29, 1.82) is 0 Å². The van der Waals surface area contributed by atoms with E-state index >= 15 is 0 Å². The molecule has 1 aliphatic heterocycles. The molecule has 1 saturated heterocycles. The molecule has 1 aromatic rings. The Morgan fingerprint density at radius 1 is 1.17 bits per heavy atom. The molecule has 0 radical (unpaired) electrons. The lowest BCUT2D eigenvalue weighted by Crippen LogP contribution is -2.57. The Kier molecular flexibility index (Phi) is 10.3. The van der Waals surface area contributed by atoms with Gasteiger partial charge in [0.15, 0.2) is 5.69 Å². The van der Waals surface area contributed by atoms with Crippen molar-refractivity contribution in [1.82, 2.24) is 20.5 Å². The average molecular weight is 525 g/mol. The van der Waals surface area contributed by atoms with Gasteiger partial charge in [0.05, 0.1) is 13.2 Å². The summed E-state index contributed by atoms with van der Waals surface area (Å²) in [5.41, 5.74) is -0.485. The van der Waals surface area contributed by atoms with Crippen LogP contribution < -0.4 is 10.6 Å². The summed E-state index contributed by atoms with van der Waals surface area (Å²) < 4.78 is 10.1. The number of esters is 1. The van der Waals surface area contributed by atoms with Gasteiger partial charge in [-0.2, -0.15) is 0 Å². The van der Waals surface area contributed by atoms with Crippen LogP contribution >= 0.6 is 11.3 Å². The van der Waals surface area contributed by atoms with E-state index in [-0.39, 0.29) is 29.5 Å². The van der Waals surface area contributed by atoms with Gasteiger partial charge in [-0.25, -0.2) is 14.6 Å². The molecule has 0 saturated carbocycles. The summed E-state index contributed by atoms with van der Waals surface area (Å²) in [6.07, 6.45) is 1.47. The first-order chi connectivity index (χ1) is 16.8. The van der Waals surface area contributed by atoms with Gasteiger partial charge in [0.25, 0.3) is 0 Å². The van der Waals surface area contributed by atoms with Crippen LogP contribution in [0.4, 0.5) is 4.79 Å². The van der Waals surface area contributed by atoms with Gasteiger partial charge in [0.1, 0.15) is 22.7 Å². The van der Waals surface area contributed by atoms with Gasteiger partial charge in [-0.1, -0.05) is 34.1 Å². The van der Waals surface area contributed by atoms with Gasteiger partial charge in [0, 0.05) is 11.9 Å². The maximum Gasteiger partial charge on any atom is 0.408 e. The molecule has 4 atom stereocenters. The van der Waals surface area contributed by atoms with Crippen LogP contribution in [-0.4, -0.2) is 65.1 Å². The monoisotopic (exact) mass is 524 g/mol. The highest BCUT2D eigenvalue weighted by molar-refractivity contribution is 7.09. The number of alkyl carbamates (subject to hydrolysis) is 1. The molecule has 0 spiro atoms. The summed E-state index contributed by atoms with van der Waals surface area (Å²) in [6.45, 7) is 13.3. The van der Waals surface area contributed by atoms with Gasteiger partial charge in [-0.05, 0) is 45.4 Å². The van der Waals surface area contributed by atoms with Crippen molar-refractivity contribution < 1.29 is 28.7 Å². The third-order valence-electron chi connectivity index (χ3n) is 6.14. The van der Waals surface area contributed by atoms with Crippen molar-refractivity contribution in [3.05, 3.63) is 16.1 Å². The standard InChI is InChI=1S/C25H40N4O6S/c1-9-15(4)19(28-24(33)35-25(5,6)7)20(30)27-18(14(2)3)22(31)29-12-10-11-17(29)21-26-16(13-36-21)23(32)34-8/h13-15,17-19H,9-12H2,1-8H3,(H,27,30)(H,28,33)/t15-,17-,18-,19-/m0/s1. The van der Waals surface area contributed by atoms with E-state index < -0.39 is 35.7 Å². The maximum atomic E-state index is 13.7. The van der Waals surface area contributed by atoms with Crippen LogP contribution in [0.2, 0.25) is 0 Å². The molecule has 202 valence electrons. The fraction of sp³-hybridized carbons (Fsp3) is 0.720. The molecule has 2 heterocycles. The molecule has 10 nitrogen and oxygen atoms in total. The minimum Gasteiger partial charge on any atom is -0.464 e. The number of carbonyl (C=O) groups excluding carboxylic acids is 4. The van der Waals surface area contributed by atoms with Crippen LogP contribution in [0.25, 0.3) is 0 Å². The van der Waals surface area contributed by atoms with Crippen LogP contribution in [0.15, 0.2) is 5.38 Å². The van der Waals surface area contributed by atoms with Crippen molar-refractivity contribution in [2.24, 2.45) is 11.8 Å². The molecule has 11 heteroatoms. The second kappa shape index (κ2) is 12.5. The maximum absolute atomic E-state index is 13.7. The van der Waals surface area contributed by atoms with Crippen molar-refractivity contribution >= 4 is 35.2 Å². The Bertz CT molecular complexity index is 941. The largest absolute Gasteiger partial charge is 0.464 e. The normalized spacial score (nSPS) is 18.4. The van der Waals surface area contributed by atoms with E-state index in [4.69, 9.17) is 9.47 Å². The molecule has 2 N–H and O–H groups in total. The molecule has 1 aromatic heterocycles. The summed E-state index contributed by atoms with van der Waals surface area (Å²) in [7, 11) is 1.30. The molecular weight excluding hydrogens is 484 g/mol. The lowest BCUT2D eigenvalue weighted by Gasteiger charge is -2.32.